The zero-order valence-electron chi connectivity index (χ0n) is 12.0. The molecule has 0 aliphatic rings. The fraction of sp³-hybridized carbons (Fsp3) is 0.786. The largest absolute Gasteiger partial charge is 0.355 e. The van der Waals surface area contributed by atoms with Crippen LogP contribution in [0.25, 0.3) is 0 Å². The maximum Gasteiger partial charge on any atom is 0.203 e. The molecule has 0 radical (unpaired) electrons. The first-order valence-electron chi connectivity index (χ1n) is 6.84. The molecule has 0 aliphatic heterocycles. The maximum absolute atomic E-state index is 4.56. The van der Waals surface area contributed by atoms with Crippen LogP contribution in [0.4, 0.5) is 5.95 Å². The third-order valence-electron chi connectivity index (χ3n) is 3.17. The molecule has 0 saturated heterocycles. The van der Waals surface area contributed by atoms with E-state index in [1.54, 1.807) is 0 Å². The molecule has 0 saturated carbocycles. The number of aryl methyl sites for hydroxylation is 1. The highest BCUT2D eigenvalue weighted by atomic mass is 15.2. The zero-order chi connectivity index (χ0) is 12.8. The second-order valence-electron chi connectivity index (χ2n) is 5.32. The Morgan fingerprint density at radius 3 is 2.47 bits per heavy atom. The molecule has 1 rings (SSSR count). The Hall–Kier alpha value is -0.990. The molecule has 1 aromatic heterocycles. The van der Waals surface area contributed by atoms with E-state index in [0.717, 1.165) is 30.6 Å². The normalized spacial score (nSPS) is 11.5. The van der Waals surface area contributed by atoms with Crippen LogP contribution in [0, 0.1) is 18.8 Å². The fourth-order valence-electron chi connectivity index (χ4n) is 1.95. The van der Waals surface area contributed by atoms with Crippen LogP contribution in [0.1, 0.15) is 46.2 Å². The number of anilines is 1. The molecule has 0 fully saturated rings. The highest BCUT2D eigenvalue weighted by Crippen LogP contribution is 2.16. The van der Waals surface area contributed by atoms with Crippen molar-refractivity contribution < 1.29 is 0 Å². The summed E-state index contributed by atoms with van der Waals surface area (Å²) in [4.78, 5) is 4.56. The van der Waals surface area contributed by atoms with E-state index in [4.69, 9.17) is 0 Å². The van der Waals surface area contributed by atoms with Crippen LogP contribution in [0.2, 0.25) is 0 Å². The van der Waals surface area contributed by atoms with Crippen molar-refractivity contribution in [1.29, 1.82) is 0 Å². The number of nitrogens with one attached hydrogen (secondary N) is 1. The Bertz CT molecular complexity index is 324. The summed E-state index contributed by atoms with van der Waals surface area (Å²) in [6.45, 7) is 13.1. The molecule has 0 bridgehead atoms. The van der Waals surface area contributed by atoms with Crippen molar-refractivity contribution in [3.05, 3.63) is 11.9 Å². The van der Waals surface area contributed by atoms with Gasteiger partial charge in [0.05, 0.1) is 5.69 Å². The summed E-state index contributed by atoms with van der Waals surface area (Å²) in [7, 11) is 0. The van der Waals surface area contributed by atoms with E-state index in [2.05, 4.69) is 55.7 Å². The third kappa shape index (κ3) is 4.41. The molecule has 17 heavy (non-hydrogen) atoms. The summed E-state index contributed by atoms with van der Waals surface area (Å²) < 4.78 is 2.27. The molecule has 0 spiro atoms. The Kier molecular flexibility index (Phi) is 5.52. The molecule has 3 nitrogen and oxygen atoms in total. The van der Waals surface area contributed by atoms with Crippen LogP contribution in [-0.4, -0.2) is 16.1 Å². The van der Waals surface area contributed by atoms with Gasteiger partial charge in [-0.05, 0) is 18.8 Å². The minimum Gasteiger partial charge on any atom is -0.355 e. The van der Waals surface area contributed by atoms with Gasteiger partial charge in [0.1, 0.15) is 0 Å². The van der Waals surface area contributed by atoms with E-state index in [9.17, 15) is 0 Å². The Morgan fingerprint density at radius 2 is 1.94 bits per heavy atom. The number of aromatic nitrogens is 2. The first-order valence-corrected chi connectivity index (χ1v) is 6.84. The Morgan fingerprint density at radius 1 is 1.29 bits per heavy atom. The molecule has 98 valence electrons. The lowest BCUT2D eigenvalue weighted by molar-refractivity contribution is 0.420. The molecule has 1 aromatic rings. The van der Waals surface area contributed by atoms with Gasteiger partial charge >= 0.3 is 0 Å². The van der Waals surface area contributed by atoms with Crippen molar-refractivity contribution in [3.8, 4) is 0 Å². The van der Waals surface area contributed by atoms with Gasteiger partial charge in [0.15, 0.2) is 0 Å². The molecular weight excluding hydrogens is 210 g/mol. The maximum atomic E-state index is 4.56. The van der Waals surface area contributed by atoms with Gasteiger partial charge in [-0.3, -0.25) is 0 Å². The first-order chi connectivity index (χ1) is 8.06. The van der Waals surface area contributed by atoms with Gasteiger partial charge in [0, 0.05) is 19.3 Å². The molecule has 3 heteroatoms. The van der Waals surface area contributed by atoms with E-state index in [0.29, 0.717) is 5.92 Å². The van der Waals surface area contributed by atoms with E-state index in [1.807, 2.05) is 0 Å². The van der Waals surface area contributed by atoms with Gasteiger partial charge < -0.3 is 9.88 Å². The molecule has 1 heterocycles. The molecule has 1 N–H and O–H groups in total. The van der Waals surface area contributed by atoms with Crippen LogP contribution < -0.4 is 5.32 Å². The van der Waals surface area contributed by atoms with Crippen molar-refractivity contribution in [2.24, 2.45) is 11.8 Å². The van der Waals surface area contributed by atoms with Crippen molar-refractivity contribution in [3.63, 3.8) is 0 Å². The monoisotopic (exact) mass is 237 g/mol. The number of imidazole rings is 1. The smallest absolute Gasteiger partial charge is 0.203 e. The highest BCUT2D eigenvalue weighted by molar-refractivity contribution is 5.28. The fourth-order valence-corrected chi connectivity index (χ4v) is 1.95. The van der Waals surface area contributed by atoms with Crippen LogP contribution >= 0.6 is 0 Å². The first kappa shape index (κ1) is 14.1. The summed E-state index contributed by atoms with van der Waals surface area (Å²) in [5, 5.41) is 3.44. The lowest BCUT2D eigenvalue weighted by Gasteiger charge is -2.16. The minimum absolute atomic E-state index is 0.647. The van der Waals surface area contributed by atoms with E-state index < -0.39 is 0 Å². The van der Waals surface area contributed by atoms with Gasteiger partial charge in [-0.2, -0.15) is 0 Å². The Labute approximate surface area is 106 Å². The predicted molar refractivity (Wildman–Crippen MR) is 74.4 cm³/mol. The van der Waals surface area contributed by atoms with Crippen molar-refractivity contribution >= 4 is 5.95 Å². The quantitative estimate of drug-likeness (QED) is 0.783. The summed E-state index contributed by atoms with van der Waals surface area (Å²) in [5.41, 5.74) is 1.10. The number of nitrogens with zero attached hydrogens (tertiary/aromatic N) is 2. The predicted octanol–water partition coefficient (Wildman–Crippen LogP) is 3.70. The summed E-state index contributed by atoms with van der Waals surface area (Å²) in [6, 6.07) is 0. The molecule has 0 aliphatic carbocycles. The van der Waals surface area contributed by atoms with Crippen LogP contribution in [0.3, 0.4) is 0 Å². The summed E-state index contributed by atoms with van der Waals surface area (Å²) >= 11 is 0. The van der Waals surface area contributed by atoms with Gasteiger partial charge in [0.2, 0.25) is 5.95 Å². The molecular formula is C14H27N3. The van der Waals surface area contributed by atoms with Gasteiger partial charge in [0.25, 0.3) is 0 Å². The molecule has 0 unspecified atom stereocenters. The SMILES string of the molecule is CCC(CC)Cn1cc(C)nc1NCC(C)C. The van der Waals surface area contributed by atoms with Gasteiger partial charge in [-0.15, -0.1) is 0 Å². The van der Waals surface area contributed by atoms with Gasteiger partial charge in [-0.25, -0.2) is 4.98 Å². The van der Waals surface area contributed by atoms with Crippen molar-refractivity contribution in [2.75, 3.05) is 11.9 Å². The highest BCUT2D eigenvalue weighted by Gasteiger charge is 2.10. The lowest BCUT2D eigenvalue weighted by atomic mass is 10.0. The standard InChI is InChI=1S/C14H27N3/c1-6-13(7-2)10-17-9-12(5)16-14(17)15-8-11(3)4/h9,11,13H,6-8,10H2,1-5H3,(H,15,16). The van der Waals surface area contributed by atoms with E-state index in [1.165, 1.54) is 12.8 Å². The molecule has 0 amide bonds. The number of hydrogen-bond donors (Lipinski definition) is 1. The topological polar surface area (TPSA) is 29.9 Å². The zero-order valence-corrected chi connectivity index (χ0v) is 12.0. The molecule has 0 aromatic carbocycles. The third-order valence-corrected chi connectivity index (χ3v) is 3.17. The van der Waals surface area contributed by atoms with Crippen molar-refractivity contribution in [2.45, 2.75) is 54.0 Å². The number of rotatable bonds is 7. The minimum atomic E-state index is 0.647. The van der Waals surface area contributed by atoms with Crippen LogP contribution in [0.5, 0.6) is 0 Å². The Balaban J connectivity index is 2.69. The van der Waals surface area contributed by atoms with Gasteiger partial charge in [-0.1, -0.05) is 40.5 Å². The van der Waals surface area contributed by atoms with Crippen molar-refractivity contribution in [1.82, 2.24) is 9.55 Å². The lowest BCUT2D eigenvalue weighted by Crippen LogP contribution is -2.15. The summed E-state index contributed by atoms with van der Waals surface area (Å²) in [6.07, 6.45) is 4.62. The van der Waals surface area contributed by atoms with E-state index in [-0.39, 0.29) is 0 Å². The molecule has 0 atom stereocenters. The summed E-state index contributed by atoms with van der Waals surface area (Å²) in [5.74, 6) is 2.43. The van der Waals surface area contributed by atoms with Crippen LogP contribution in [0.15, 0.2) is 6.20 Å². The average Bonchev–Trinajstić information content (AvgIpc) is 2.63. The second kappa shape index (κ2) is 6.67. The average molecular weight is 237 g/mol. The van der Waals surface area contributed by atoms with E-state index >= 15 is 0 Å². The second-order valence-corrected chi connectivity index (χ2v) is 5.32. The van der Waals surface area contributed by atoms with Crippen LogP contribution in [-0.2, 0) is 6.54 Å². The number of hydrogen-bond acceptors (Lipinski definition) is 2.